The van der Waals surface area contributed by atoms with E-state index in [2.05, 4.69) is 4.98 Å². The lowest BCUT2D eigenvalue weighted by Gasteiger charge is -2.33. The van der Waals surface area contributed by atoms with Crippen molar-refractivity contribution in [2.24, 2.45) is 11.3 Å². The van der Waals surface area contributed by atoms with Gasteiger partial charge in [0.25, 0.3) is 5.91 Å². The Labute approximate surface area is 120 Å². The number of likely N-dealkylation sites (tertiary alicyclic amines) is 1. The first-order valence-corrected chi connectivity index (χ1v) is 7.37. The zero-order chi connectivity index (χ0) is 14.3. The summed E-state index contributed by atoms with van der Waals surface area (Å²) in [5, 5.41) is 10.4. The van der Waals surface area contributed by atoms with Crippen molar-refractivity contribution in [3.05, 3.63) is 16.1 Å². The highest BCUT2D eigenvalue weighted by Gasteiger charge is 2.55. The Balaban J connectivity index is 1.84. The van der Waals surface area contributed by atoms with Gasteiger partial charge in [0.2, 0.25) is 0 Å². The summed E-state index contributed by atoms with van der Waals surface area (Å²) in [7, 11) is 0. The van der Waals surface area contributed by atoms with E-state index in [0.717, 1.165) is 5.01 Å². The summed E-state index contributed by atoms with van der Waals surface area (Å²) in [5.74, 6) is -1.06. The fourth-order valence-electron chi connectivity index (χ4n) is 3.07. The molecule has 2 atom stereocenters. The van der Waals surface area contributed by atoms with Gasteiger partial charge < -0.3 is 14.7 Å². The summed E-state index contributed by atoms with van der Waals surface area (Å²) in [6.45, 7) is 3.42. The molecule has 6 nitrogen and oxygen atoms in total. The molecule has 0 aromatic carbocycles. The van der Waals surface area contributed by atoms with E-state index in [4.69, 9.17) is 4.74 Å². The normalized spacial score (nSPS) is 29.2. The second kappa shape index (κ2) is 4.82. The van der Waals surface area contributed by atoms with Gasteiger partial charge in [0.05, 0.1) is 23.2 Å². The van der Waals surface area contributed by atoms with Crippen LogP contribution < -0.4 is 0 Å². The number of carboxylic acid groups (broad SMARTS) is 1. The van der Waals surface area contributed by atoms with Crippen LogP contribution >= 0.6 is 11.3 Å². The molecule has 2 fully saturated rings. The van der Waals surface area contributed by atoms with Crippen LogP contribution in [-0.2, 0) is 9.53 Å². The van der Waals surface area contributed by atoms with E-state index < -0.39 is 11.4 Å². The van der Waals surface area contributed by atoms with Crippen molar-refractivity contribution in [1.82, 2.24) is 9.88 Å². The van der Waals surface area contributed by atoms with Crippen LogP contribution in [0.25, 0.3) is 0 Å². The first kappa shape index (κ1) is 13.5. The molecule has 0 bridgehead atoms. The average Bonchev–Trinajstić information content (AvgIpc) is 3.02. The lowest BCUT2D eigenvalue weighted by atomic mass is 9.74. The number of carbonyl (C=O) groups is 2. The molecule has 2 aliphatic heterocycles. The van der Waals surface area contributed by atoms with Crippen molar-refractivity contribution < 1.29 is 19.4 Å². The van der Waals surface area contributed by atoms with E-state index >= 15 is 0 Å². The Hall–Kier alpha value is -1.47. The standard InChI is InChI=1S/C13H16N2O4S/c1-8-14-4-10(20-8)11(16)15-5-9-6-19-3-2-13(9,7-15)12(17)18/h4,9H,2-3,5-7H2,1H3,(H,17,18)/t9-,13+/m0/s1. The highest BCUT2D eigenvalue weighted by molar-refractivity contribution is 7.13. The quantitative estimate of drug-likeness (QED) is 0.881. The summed E-state index contributed by atoms with van der Waals surface area (Å²) in [6.07, 6.45) is 2.03. The number of rotatable bonds is 2. The molecule has 20 heavy (non-hydrogen) atoms. The van der Waals surface area contributed by atoms with Crippen LogP contribution in [0.15, 0.2) is 6.20 Å². The summed E-state index contributed by atoms with van der Waals surface area (Å²) >= 11 is 1.34. The molecule has 3 rings (SSSR count). The predicted molar refractivity (Wildman–Crippen MR) is 71.7 cm³/mol. The molecule has 1 N–H and O–H groups in total. The van der Waals surface area contributed by atoms with Crippen molar-refractivity contribution in [2.45, 2.75) is 13.3 Å². The van der Waals surface area contributed by atoms with Crippen LogP contribution in [0.2, 0.25) is 0 Å². The van der Waals surface area contributed by atoms with E-state index in [1.54, 1.807) is 11.1 Å². The fourth-order valence-corrected chi connectivity index (χ4v) is 3.82. The topological polar surface area (TPSA) is 79.7 Å². The Morgan fingerprint density at radius 3 is 3.00 bits per heavy atom. The highest BCUT2D eigenvalue weighted by atomic mass is 32.1. The molecule has 0 saturated carbocycles. The van der Waals surface area contributed by atoms with Crippen molar-refractivity contribution in [3.63, 3.8) is 0 Å². The lowest BCUT2D eigenvalue weighted by molar-refractivity contribution is -0.157. The zero-order valence-electron chi connectivity index (χ0n) is 11.2. The highest BCUT2D eigenvalue weighted by Crippen LogP contribution is 2.43. The van der Waals surface area contributed by atoms with Gasteiger partial charge in [-0.05, 0) is 13.3 Å². The summed E-state index contributed by atoms with van der Waals surface area (Å²) in [5.41, 5.74) is -0.840. The van der Waals surface area contributed by atoms with Crippen LogP contribution in [-0.4, -0.2) is 53.2 Å². The molecular weight excluding hydrogens is 280 g/mol. The minimum atomic E-state index is -0.840. The van der Waals surface area contributed by atoms with Crippen molar-refractivity contribution in [3.8, 4) is 0 Å². The number of hydrogen-bond acceptors (Lipinski definition) is 5. The number of aliphatic carboxylic acids is 1. The van der Waals surface area contributed by atoms with Crippen LogP contribution in [0.5, 0.6) is 0 Å². The minimum absolute atomic E-state index is 0.119. The van der Waals surface area contributed by atoms with Crippen molar-refractivity contribution >= 4 is 23.2 Å². The van der Waals surface area contributed by atoms with E-state index in [0.29, 0.717) is 31.1 Å². The molecule has 108 valence electrons. The number of nitrogens with zero attached hydrogens (tertiary/aromatic N) is 2. The van der Waals surface area contributed by atoms with E-state index in [9.17, 15) is 14.7 Å². The number of ether oxygens (including phenoxy) is 1. The van der Waals surface area contributed by atoms with Crippen LogP contribution in [0.4, 0.5) is 0 Å². The largest absolute Gasteiger partial charge is 0.481 e. The first-order valence-electron chi connectivity index (χ1n) is 6.56. The lowest BCUT2D eigenvalue weighted by Crippen LogP contribution is -2.45. The summed E-state index contributed by atoms with van der Waals surface area (Å²) < 4.78 is 5.39. The molecule has 1 aromatic heterocycles. The van der Waals surface area contributed by atoms with Gasteiger partial charge >= 0.3 is 5.97 Å². The molecule has 0 aliphatic carbocycles. The van der Waals surface area contributed by atoms with Gasteiger partial charge in [-0.25, -0.2) is 4.98 Å². The Bertz CT molecular complexity index is 558. The zero-order valence-corrected chi connectivity index (χ0v) is 12.0. The smallest absolute Gasteiger partial charge is 0.311 e. The van der Waals surface area contributed by atoms with E-state index in [1.807, 2.05) is 6.92 Å². The predicted octanol–water partition coefficient (Wildman–Crippen LogP) is 1.01. The number of carboxylic acids is 1. The van der Waals surface area contributed by atoms with Crippen LogP contribution in [0.3, 0.4) is 0 Å². The molecule has 0 spiro atoms. The molecular formula is C13H16N2O4S. The number of aromatic nitrogens is 1. The maximum absolute atomic E-state index is 12.4. The first-order chi connectivity index (χ1) is 9.53. The van der Waals surface area contributed by atoms with E-state index in [1.165, 1.54) is 11.3 Å². The molecule has 0 radical (unpaired) electrons. The van der Waals surface area contributed by atoms with E-state index in [-0.39, 0.29) is 18.4 Å². The van der Waals surface area contributed by atoms with Gasteiger partial charge in [-0.1, -0.05) is 0 Å². The molecule has 2 aliphatic rings. The number of carbonyl (C=O) groups excluding carboxylic acids is 1. The third-order valence-electron chi connectivity index (χ3n) is 4.25. The van der Waals surface area contributed by atoms with Crippen LogP contribution in [0.1, 0.15) is 21.1 Å². The van der Waals surface area contributed by atoms with Gasteiger partial charge in [0, 0.05) is 25.6 Å². The fraction of sp³-hybridized carbons (Fsp3) is 0.615. The summed E-state index contributed by atoms with van der Waals surface area (Å²) in [6, 6.07) is 0. The SMILES string of the molecule is Cc1ncc(C(=O)N2C[C@H]3COCC[C@@]3(C(=O)O)C2)s1. The maximum atomic E-state index is 12.4. The number of amides is 1. The van der Waals surface area contributed by atoms with Gasteiger partial charge in [-0.15, -0.1) is 11.3 Å². The molecule has 2 saturated heterocycles. The van der Waals surface area contributed by atoms with Crippen molar-refractivity contribution in [2.75, 3.05) is 26.3 Å². The number of fused-ring (bicyclic) bond motifs is 1. The van der Waals surface area contributed by atoms with Crippen molar-refractivity contribution in [1.29, 1.82) is 0 Å². The molecule has 0 unspecified atom stereocenters. The monoisotopic (exact) mass is 296 g/mol. The van der Waals surface area contributed by atoms with Crippen LogP contribution in [0, 0.1) is 18.3 Å². The van der Waals surface area contributed by atoms with Gasteiger partial charge in [0.15, 0.2) is 0 Å². The summed E-state index contributed by atoms with van der Waals surface area (Å²) in [4.78, 5) is 30.4. The molecule has 7 heteroatoms. The Kier molecular flexibility index (Phi) is 3.25. The third kappa shape index (κ3) is 2.01. The third-order valence-corrected chi connectivity index (χ3v) is 5.15. The maximum Gasteiger partial charge on any atom is 0.311 e. The number of aryl methyl sites for hydroxylation is 1. The molecule has 1 amide bonds. The molecule has 1 aromatic rings. The van der Waals surface area contributed by atoms with Gasteiger partial charge in [-0.2, -0.15) is 0 Å². The minimum Gasteiger partial charge on any atom is -0.481 e. The Morgan fingerprint density at radius 1 is 1.60 bits per heavy atom. The second-order valence-electron chi connectivity index (χ2n) is 5.41. The van der Waals surface area contributed by atoms with Gasteiger partial charge in [0.1, 0.15) is 4.88 Å². The average molecular weight is 296 g/mol. The second-order valence-corrected chi connectivity index (χ2v) is 6.65. The number of hydrogen-bond donors (Lipinski definition) is 1. The molecule has 3 heterocycles. The number of thiazole rings is 1. The van der Waals surface area contributed by atoms with Gasteiger partial charge in [-0.3, -0.25) is 9.59 Å². The Morgan fingerprint density at radius 2 is 2.40 bits per heavy atom.